The maximum absolute atomic E-state index is 12.6. The highest BCUT2D eigenvalue weighted by atomic mass is 32.1. The van der Waals surface area contributed by atoms with Gasteiger partial charge in [-0.05, 0) is 25.0 Å². The van der Waals surface area contributed by atoms with E-state index in [4.69, 9.17) is 5.73 Å². The van der Waals surface area contributed by atoms with Gasteiger partial charge in [0.25, 0.3) is 0 Å². The van der Waals surface area contributed by atoms with Crippen molar-refractivity contribution in [3.8, 4) is 0 Å². The van der Waals surface area contributed by atoms with Gasteiger partial charge in [-0.15, -0.1) is 11.3 Å². The molecule has 21 heavy (non-hydrogen) atoms. The third-order valence-electron chi connectivity index (χ3n) is 3.85. The predicted octanol–water partition coefficient (Wildman–Crippen LogP) is 3.99. The lowest BCUT2D eigenvalue weighted by Crippen LogP contribution is -2.01. The number of anilines is 1. The number of hydrogen-bond acceptors (Lipinski definition) is 4. The van der Waals surface area contributed by atoms with Crippen LogP contribution >= 0.6 is 11.3 Å². The zero-order valence-electron chi connectivity index (χ0n) is 11.4. The van der Waals surface area contributed by atoms with Crippen LogP contribution in [0.25, 0.3) is 10.2 Å². The summed E-state index contributed by atoms with van der Waals surface area (Å²) in [5, 5.41) is 0.892. The van der Waals surface area contributed by atoms with Crippen molar-refractivity contribution in [2.45, 2.75) is 18.8 Å². The molecule has 1 aromatic carbocycles. The third kappa shape index (κ3) is 2.12. The van der Waals surface area contributed by atoms with E-state index >= 15 is 0 Å². The number of thiophene rings is 1. The van der Waals surface area contributed by atoms with E-state index in [1.54, 1.807) is 0 Å². The van der Waals surface area contributed by atoms with Gasteiger partial charge in [0.2, 0.25) is 5.78 Å². The van der Waals surface area contributed by atoms with Crippen LogP contribution in [0.1, 0.15) is 39.7 Å². The molecule has 2 aromatic heterocycles. The molecule has 0 aliphatic heterocycles. The Morgan fingerprint density at radius 2 is 1.90 bits per heavy atom. The predicted molar refractivity (Wildman–Crippen MR) is 85.9 cm³/mol. The summed E-state index contributed by atoms with van der Waals surface area (Å²) < 4.78 is 0. The van der Waals surface area contributed by atoms with E-state index < -0.39 is 0 Å². The Morgan fingerprint density at radius 1 is 1.14 bits per heavy atom. The molecule has 1 aliphatic carbocycles. The molecule has 1 saturated carbocycles. The Bertz CT molecular complexity index is 835. The molecule has 2 heterocycles. The summed E-state index contributed by atoms with van der Waals surface area (Å²) in [6, 6.07) is 13.3. The highest BCUT2D eigenvalue weighted by Crippen LogP contribution is 2.41. The minimum Gasteiger partial charge on any atom is -0.397 e. The molecule has 2 N–H and O–H groups in total. The van der Waals surface area contributed by atoms with Gasteiger partial charge in [-0.2, -0.15) is 0 Å². The van der Waals surface area contributed by atoms with Crippen molar-refractivity contribution in [1.29, 1.82) is 0 Å². The molecular formula is C17H14N2OS. The van der Waals surface area contributed by atoms with Crippen LogP contribution in [0.15, 0.2) is 42.5 Å². The fraction of sp³-hybridized carbons (Fsp3) is 0.176. The van der Waals surface area contributed by atoms with E-state index in [1.807, 2.05) is 42.5 Å². The Morgan fingerprint density at radius 3 is 2.62 bits per heavy atom. The lowest BCUT2D eigenvalue weighted by molar-refractivity contribution is 0.104. The molecule has 3 nitrogen and oxygen atoms in total. The maximum atomic E-state index is 12.6. The van der Waals surface area contributed by atoms with Crippen molar-refractivity contribution in [2.75, 3.05) is 5.73 Å². The summed E-state index contributed by atoms with van der Waals surface area (Å²) in [6.07, 6.45) is 2.43. The SMILES string of the molecule is Nc1c(C(=O)c2ccccc2)sc2nc(C3CC3)ccc12. The first-order valence-electron chi connectivity index (χ1n) is 7.02. The molecule has 0 bridgehead atoms. The first kappa shape index (κ1) is 12.5. The molecule has 0 amide bonds. The summed E-state index contributed by atoms with van der Waals surface area (Å²) in [7, 11) is 0. The Balaban J connectivity index is 1.82. The van der Waals surface area contributed by atoms with Crippen LogP contribution in [0.4, 0.5) is 5.69 Å². The lowest BCUT2D eigenvalue weighted by Gasteiger charge is -1.99. The topological polar surface area (TPSA) is 56.0 Å². The number of rotatable bonds is 3. The summed E-state index contributed by atoms with van der Waals surface area (Å²) in [4.78, 5) is 18.7. The van der Waals surface area contributed by atoms with Crippen LogP contribution in [0.3, 0.4) is 0 Å². The Kier molecular flexibility index (Phi) is 2.79. The number of carbonyl (C=O) groups is 1. The molecule has 104 valence electrons. The number of nitrogens with two attached hydrogens (primary N) is 1. The summed E-state index contributed by atoms with van der Waals surface area (Å²) in [5.74, 6) is 0.579. The number of pyridine rings is 1. The van der Waals surface area contributed by atoms with Crippen molar-refractivity contribution < 1.29 is 4.79 Å². The van der Waals surface area contributed by atoms with E-state index in [1.165, 1.54) is 24.2 Å². The highest BCUT2D eigenvalue weighted by Gasteiger charge is 2.26. The number of nitrogens with zero attached hydrogens (tertiary/aromatic N) is 1. The van der Waals surface area contributed by atoms with E-state index in [-0.39, 0.29) is 5.78 Å². The molecule has 4 heteroatoms. The van der Waals surface area contributed by atoms with Crippen molar-refractivity contribution in [3.63, 3.8) is 0 Å². The average molecular weight is 294 g/mol. The maximum Gasteiger partial charge on any atom is 0.205 e. The van der Waals surface area contributed by atoms with Gasteiger partial charge in [0, 0.05) is 22.6 Å². The zero-order valence-corrected chi connectivity index (χ0v) is 12.2. The molecule has 0 radical (unpaired) electrons. The van der Waals surface area contributed by atoms with Crippen molar-refractivity contribution in [2.24, 2.45) is 0 Å². The van der Waals surface area contributed by atoms with Crippen LogP contribution < -0.4 is 5.73 Å². The minimum atomic E-state index is -0.0240. The molecule has 0 unspecified atom stereocenters. The second-order valence-electron chi connectivity index (χ2n) is 5.40. The van der Waals surface area contributed by atoms with Gasteiger partial charge in [0.1, 0.15) is 9.71 Å². The van der Waals surface area contributed by atoms with Gasteiger partial charge < -0.3 is 5.73 Å². The fourth-order valence-corrected chi connectivity index (χ4v) is 3.57. The highest BCUT2D eigenvalue weighted by molar-refractivity contribution is 7.21. The quantitative estimate of drug-likeness (QED) is 0.743. The van der Waals surface area contributed by atoms with Crippen molar-refractivity contribution >= 4 is 33.0 Å². The number of carbonyl (C=O) groups excluding carboxylic acids is 1. The second-order valence-corrected chi connectivity index (χ2v) is 6.40. The number of ketones is 1. The first-order valence-corrected chi connectivity index (χ1v) is 7.84. The van der Waals surface area contributed by atoms with Gasteiger partial charge in [-0.3, -0.25) is 4.79 Å². The van der Waals surface area contributed by atoms with Crippen LogP contribution in [0.2, 0.25) is 0 Å². The van der Waals surface area contributed by atoms with Gasteiger partial charge in [-0.25, -0.2) is 4.98 Å². The zero-order chi connectivity index (χ0) is 14.4. The lowest BCUT2D eigenvalue weighted by atomic mass is 10.1. The third-order valence-corrected chi connectivity index (χ3v) is 4.97. The van der Waals surface area contributed by atoms with E-state index in [2.05, 4.69) is 4.98 Å². The molecule has 0 spiro atoms. The molecule has 4 rings (SSSR count). The Hall–Kier alpha value is -2.20. The number of benzene rings is 1. The fourth-order valence-electron chi connectivity index (χ4n) is 2.51. The normalized spacial score (nSPS) is 14.5. The van der Waals surface area contributed by atoms with E-state index in [0.29, 0.717) is 22.0 Å². The molecule has 0 saturated heterocycles. The van der Waals surface area contributed by atoms with Crippen LogP contribution in [-0.2, 0) is 0 Å². The van der Waals surface area contributed by atoms with Crippen LogP contribution in [0.5, 0.6) is 0 Å². The molecular weight excluding hydrogens is 280 g/mol. The molecule has 1 aliphatic rings. The van der Waals surface area contributed by atoms with Crippen molar-refractivity contribution in [1.82, 2.24) is 4.98 Å². The van der Waals surface area contributed by atoms with Crippen LogP contribution in [0, 0.1) is 0 Å². The smallest absolute Gasteiger partial charge is 0.205 e. The second kappa shape index (κ2) is 4.67. The van der Waals surface area contributed by atoms with Gasteiger partial charge in [0.05, 0.1) is 5.69 Å². The minimum absolute atomic E-state index is 0.0240. The van der Waals surface area contributed by atoms with E-state index in [9.17, 15) is 4.79 Å². The molecule has 0 atom stereocenters. The van der Waals surface area contributed by atoms with Gasteiger partial charge >= 0.3 is 0 Å². The summed E-state index contributed by atoms with van der Waals surface area (Å²) in [6.45, 7) is 0. The van der Waals surface area contributed by atoms with Crippen molar-refractivity contribution in [3.05, 3.63) is 58.6 Å². The molecule has 3 aromatic rings. The van der Waals surface area contributed by atoms with E-state index in [0.717, 1.165) is 15.9 Å². The number of nitrogen functional groups attached to an aromatic ring is 1. The van der Waals surface area contributed by atoms with Crippen LogP contribution in [-0.4, -0.2) is 10.8 Å². The summed E-state index contributed by atoms with van der Waals surface area (Å²) in [5.41, 5.74) is 8.52. The largest absolute Gasteiger partial charge is 0.397 e. The Labute approximate surface area is 126 Å². The monoisotopic (exact) mass is 294 g/mol. The standard InChI is InChI=1S/C17H14N2OS/c18-14-12-8-9-13(10-6-7-10)19-17(12)21-16(14)15(20)11-4-2-1-3-5-11/h1-5,8-10H,6-7,18H2. The number of hydrogen-bond donors (Lipinski definition) is 1. The number of fused-ring (bicyclic) bond motifs is 1. The summed E-state index contributed by atoms with van der Waals surface area (Å²) >= 11 is 1.40. The average Bonchev–Trinajstić information content (AvgIpc) is 3.32. The van der Waals surface area contributed by atoms with Gasteiger partial charge in [0.15, 0.2) is 0 Å². The number of aromatic nitrogens is 1. The first-order chi connectivity index (χ1) is 10.2. The van der Waals surface area contributed by atoms with Gasteiger partial charge in [-0.1, -0.05) is 30.3 Å². The molecule has 1 fully saturated rings.